The van der Waals surface area contributed by atoms with E-state index in [4.69, 9.17) is 0 Å². The van der Waals surface area contributed by atoms with E-state index in [9.17, 15) is 14.4 Å². The Morgan fingerprint density at radius 3 is 2.64 bits per heavy atom. The summed E-state index contributed by atoms with van der Waals surface area (Å²) in [7, 11) is 0. The van der Waals surface area contributed by atoms with Crippen LogP contribution in [0.5, 0.6) is 0 Å². The number of carbonyl (C=O) groups excluding carboxylic acids is 3. The summed E-state index contributed by atoms with van der Waals surface area (Å²) in [5, 5.41) is 0. The van der Waals surface area contributed by atoms with Gasteiger partial charge in [0.2, 0.25) is 0 Å². The number of likely N-dealkylation sites (N-methyl/N-ethyl adjacent to an activating group) is 1. The third-order valence-corrected chi connectivity index (χ3v) is 6.46. The van der Waals surface area contributed by atoms with Gasteiger partial charge in [-0.25, -0.2) is 0 Å². The molecule has 2 amide bonds. The Labute approximate surface area is 168 Å². The van der Waals surface area contributed by atoms with Crippen LogP contribution < -0.4 is 0 Å². The molecule has 2 aliphatic carbocycles. The fraction of sp³-hybridized carbons (Fsp3) is 0.609. The van der Waals surface area contributed by atoms with E-state index in [2.05, 4.69) is 12.2 Å². The molecule has 5 heteroatoms. The largest absolute Gasteiger partial charge is 0.339 e. The maximum atomic E-state index is 12.3. The number of allylic oxidation sites excluding steroid dienone is 3. The first-order chi connectivity index (χ1) is 13.6. The highest BCUT2D eigenvalue weighted by atomic mass is 16.2. The molecule has 0 N–H and O–H groups in total. The van der Waals surface area contributed by atoms with Gasteiger partial charge in [0.05, 0.1) is 11.3 Å². The summed E-state index contributed by atoms with van der Waals surface area (Å²) >= 11 is 0. The molecule has 4 aliphatic rings. The summed E-state index contributed by atoms with van der Waals surface area (Å²) in [6.45, 7) is 5.62. The van der Waals surface area contributed by atoms with Crippen LogP contribution in [0.4, 0.5) is 0 Å². The van der Waals surface area contributed by atoms with Gasteiger partial charge in [-0.1, -0.05) is 25.0 Å². The molecule has 2 heterocycles. The minimum atomic E-state index is -0.289. The number of hydrogen-bond donors (Lipinski definition) is 0. The number of hydrogen-bond acceptors (Lipinski definition) is 3. The van der Waals surface area contributed by atoms with E-state index in [-0.39, 0.29) is 17.4 Å². The second-order valence-electron chi connectivity index (χ2n) is 7.98. The maximum absolute atomic E-state index is 12.3. The van der Waals surface area contributed by atoms with Gasteiger partial charge in [-0.15, -0.1) is 0 Å². The van der Waals surface area contributed by atoms with Gasteiger partial charge in [-0.3, -0.25) is 14.4 Å². The van der Waals surface area contributed by atoms with E-state index in [1.54, 1.807) is 4.90 Å². The van der Waals surface area contributed by atoms with Crippen molar-refractivity contribution in [3.8, 4) is 0 Å². The first kappa shape index (κ1) is 20.6. The van der Waals surface area contributed by atoms with Crippen LogP contribution in [0.15, 0.2) is 35.1 Å². The molecule has 0 aromatic heterocycles. The topological polar surface area (TPSA) is 57.7 Å². The summed E-state index contributed by atoms with van der Waals surface area (Å²) in [5.41, 5.74) is 1.39. The van der Waals surface area contributed by atoms with Crippen molar-refractivity contribution in [3.63, 3.8) is 0 Å². The Balaban J connectivity index is 0.000000188. The minimum absolute atomic E-state index is 0.0336. The third-order valence-electron chi connectivity index (χ3n) is 6.46. The Kier molecular flexibility index (Phi) is 6.87. The summed E-state index contributed by atoms with van der Waals surface area (Å²) in [4.78, 5) is 38.0. The molecule has 1 unspecified atom stereocenters. The van der Waals surface area contributed by atoms with E-state index in [1.807, 2.05) is 13.8 Å². The number of amides is 2. The molecule has 0 spiro atoms. The Bertz CT molecular complexity index is 715. The van der Waals surface area contributed by atoms with Crippen molar-refractivity contribution in [1.29, 1.82) is 0 Å². The summed E-state index contributed by atoms with van der Waals surface area (Å²) in [6.07, 6.45) is 16.3. The van der Waals surface area contributed by atoms with Gasteiger partial charge in [-0.2, -0.15) is 0 Å². The van der Waals surface area contributed by atoms with Crippen molar-refractivity contribution in [1.82, 2.24) is 9.80 Å². The molecule has 152 valence electrons. The minimum Gasteiger partial charge on any atom is -0.339 e. The lowest BCUT2D eigenvalue weighted by molar-refractivity contribution is -0.127. The zero-order valence-electron chi connectivity index (χ0n) is 17.2. The quantitative estimate of drug-likeness (QED) is 0.423. The van der Waals surface area contributed by atoms with Gasteiger partial charge in [-0.05, 0) is 63.9 Å². The Hall–Kier alpha value is -2.17. The number of rotatable bonds is 4. The Morgan fingerprint density at radius 2 is 1.96 bits per heavy atom. The van der Waals surface area contributed by atoms with E-state index in [0.29, 0.717) is 43.6 Å². The van der Waals surface area contributed by atoms with Crippen LogP contribution in [0.1, 0.15) is 58.8 Å². The molecular weight excluding hydrogens is 352 g/mol. The molecule has 0 saturated heterocycles. The van der Waals surface area contributed by atoms with Gasteiger partial charge in [0.1, 0.15) is 0 Å². The standard InChI is InChI=1S/C13H16N2O3.C10H16/c1-3-14(4-2)13(18)10-5-6-15-11(10)7-9(8-16)12(15)17;1-2-6-10-8-4-3-7-9(10)5-1/h7-8H,3-6H2,1-2H3;1,5,9-10H,2-4,6-8H2/t;9-,10?/m.0/s1. The van der Waals surface area contributed by atoms with Crippen molar-refractivity contribution in [3.05, 3.63) is 35.1 Å². The molecule has 0 aromatic rings. The molecule has 1 fully saturated rings. The van der Waals surface area contributed by atoms with E-state index in [0.717, 1.165) is 11.8 Å². The monoisotopic (exact) mass is 384 g/mol. The smallest absolute Gasteiger partial charge is 0.261 e. The molecule has 1 saturated carbocycles. The lowest BCUT2D eigenvalue weighted by Gasteiger charge is -2.31. The summed E-state index contributed by atoms with van der Waals surface area (Å²) in [6, 6.07) is 0. The number of aldehydes is 1. The number of carbonyl (C=O) groups is 3. The van der Waals surface area contributed by atoms with Gasteiger partial charge >= 0.3 is 0 Å². The molecule has 2 aliphatic heterocycles. The zero-order chi connectivity index (χ0) is 20.1. The molecule has 4 rings (SSSR count). The highest BCUT2D eigenvalue weighted by Gasteiger charge is 2.37. The highest BCUT2D eigenvalue weighted by Crippen LogP contribution is 2.36. The van der Waals surface area contributed by atoms with Gasteiger partial charge in [0.15, 0.2) is 6.29 Å². The third kappa shape index (κ3) is 4.13. The fourth-order valence-electron chi connectivity index (χ4n) is 4.81. The van der Waals surface area contributed by atoms with Gasteiger partial charge in [0, 0.05) is 25.2 Å². The van der Waals surface area contributed by atoms with Crippen LogP contribution in [0.3, 0.4) is 0 Å². The summed E-state index contributed by atoms with van der Waals surface area (Å²) in [5.74, 6) is 1.72. The second-order valence-corrected chi connectivity index (χ2v) is 7.98. The van der Waals surface area contributed by atoms with Crippen LogP contribution in [0, 0.1) is 11.8 Å². The lowest BCUT2D eigenvalue weighted by atomic mass is 9.74. The second kappa shape index (κ2) is 9.35. The average Bonchev–Trinajstić information content (AvgIpc) is 3.29. The first-order valence-electron chi connectivity index (χ1n) is 10.8. The van der Waals surface area contributed by atoms with Crippen molar-refractivity contribution in [2.75, 3.05) is 19.6 Å². The first-order valence-corrected chi connectivity index (χ1v) is 10.8. The van der Waals surface area contributed by atoms with Crippen LogP contribution >= 0.6 is 0 Å². The van der Waals surface area contributed by atoms with E-state index >= 15 is 0 Å². The lowest BCUT2D eigenvalue weighted by Crippen LogP contribution is -2.31. The fourth-order valence-corrected chi connectivity index (χ4v) is 4.81. The number of nitrogens with zero attached hydrogens (tertiary/aromatic N) is 2. The molecule has 28 heavy (non-hydrogen) atoms. The Morgan fingerprint density at radius 1 is 1.21 bits per heavy atom. The normalized spacial score (nSPS) is 25.6. The molecule has 0 aromatic carbocycles. The molecule has 0 bridgehead atoms. The van der Waals surface area contributed by atoms with Crippen molar-refractivity contribution in [2.45, 2.75) is 58.8 Å². The van der Waals surface area contributed by atoms with E-state index in [1.165, 1.54) is 49.5 Å². The molecular formula is C23H32N2O3. The van der Waals surface area contributed by atoms with Gasteiger partial charge < -0.3 is 9.80 Å². The SMILES string of the molecule is C1=C[C@H]2CCCCC2CC1.CCN(CC)C(=O)C1=C2C=C(C=O)C(=O)N2CC1. The van der Waals surface area contributed by atoms with Crippen molar-refractivity contribution >= 4 is 18.1 Å². The number of fused-ring (bicyclic) bond motifs is 2. The predicted molar refractivity (Wildman–Crippen MR) is 109 cm³/mol. The molecule has 2 atom stereocenters. The van der Waals surface area contributed by atoms with Crippen LogP contribution in [-0.2, 0) is 14.4 Å². The van der Waals surface area contributed by atoms with E-state index < -0.39 is 0 Å². The van der Waals surface area contributed by atoms with Gasteiger partial charge in [0.25, 0.3) is 11.8 Å². The predicted octanol–water partition coefficient (Wildman–Crippen LogP) is 3.62. The maximum Gasteiger partial charge on any atom is 0.261 e. The molecule has 5 nitrogen and oxygen atoms in total. The highest BCUT2D eigenvalue weighted by molar-refractivity contribution is 6.15. The average molecular weight is 385 g/mol. The van der Waals surface area contributed by atoms with Crippen LogP contribution in [-0.4, -0.2) is 47.5 Å². The summed E-state index contributed by atoms with van der Waals surface area (Å²) < 4.78 is 0. The van der Waals surface area contributed by atoms with Crippen molar-refractivity contribution in [2.24, 2.45) is 11.8 Å². The zero-order valence-corrected chi connectivity index (χ0v) is 17.2. The molecule has 0 radical (unpaired) electrons. The van der Waals surface area contributed by atoms with Crippen molar-refractivity contribution < 1.29 is 14.4 Å². The van der Waals surface area contributed by atoms with Crippen LogP contribution in [0.2, 0.25) is 0 Å². The van der Waals surface area contributed by atoms with Crippen LogP contribution in [0.25, 0.3) is 0 Å².